The number of nitrogens with one attached hydrogen (secondary N) is 1. The van der Waals surface area contributed by atoms with Gasteiger partial charge in [0.2, 0.25) is 0 Å². The first-order valence-electron chi connectivity index (χ1n) is 7.24. The fourth-order valence-electron chi connectivity index (χ4n) is 3.81. The van der Waals surface area contributed by atoms with Crippen molar-refractivity contribution in [3.8, 4) is 0 Å². The maximum absolute atomic E-state index is 5.80. The van der Waals surface area contributed by atoms with Crippen LogP contribution in [0.25, 0.3) is 0 Å². The average Bonchev–Trinajstić information content (AvgIpc) is 2.95. The molecule has 2 fully saturated rings. The predicted octanol–water partition coefficient (Wildman–Crippen LogP) is 2.24. The highest BCUT2D eigenvalue weighted by atomic mass is 16.3. The van der Waals surface area contributed by atoms with E-state index in [9.17, 15) is 0 Å². The molecule has 18 heavy (non-hydrogen) atoms. The maximum Gasteiger partial charge on any atom is 0.111 e. The fourth-order valence-corrected chi connectivity index (χ4v) is 3.81. The zero-order valence-electron chi connectivity index (χ0n) is 11.3. The van der Waals surface area contributed by atoms with E-state index in [1.807, 2.05) is 12.3 Å². The van der Waals surface area contributed by atoms with Crippen LogP contribution in [0.15, 0.2) is 22.8 Å². The minimum absolute atomic E-state index is 0.253. The first-order valence-corrected chi connectivity index (χ1v) is 7.24. The molecular formula is C15H24N2O. The molecule has 3 heterocycles. The molecule has 1 aromatic heterocycles. The summed E-state index contributed by atoms with van der Waals surface area (Å²) in [7, 11) is 2.23. The zero-order chi connectivity index (χ0) is 12.4. The van der Waals surface area contributed by atoms with Gasteiger partial charge in [-0.1, -0.05) is 0 Å². The summed E-state index contributed by atoms with van der Waals surface area (Å²) in [4.78, 5) is 2.45. The zero-order valence-corrected chi connectivity index (χ0v) is 11.3. The molecule has 3 heteroatoms. The molecule has 0 aromatic carbocycles. The van der Waals surface area contributed by atoms with Gasteiger partial charge in [-0.3, -0.25) is 0 Å². The van der Waals surface area contributed by atoms with Crippen LogP contribution in [0.5, 0.6) is 0 Å². The second-order valence-electron chi connectivity index (χ2n) is 5.99. The van der Waals surface area contributed by atoms with Crippen molar-refractivity contribution in [3.63, 3.8) is 0 Å². The van der Waals surface area contributed by atoms with Gasteiger partial charge in [0.15, 0.2) is 0 Å². The largest absolute Gasteiger partial charge is 0.469 e. The molecule has 1 aromatic rings. The van der Waals surface area contributed by atoms with Gasteiger partial charge < -0.3 is 14.6 Å². The molecule has 0 radical (unpaired) electrons. The van der Waals surface area contributed by atoms with Gasteiger partial charge in [-0.25, -0.2) is 0 Å². The van der Waals surface area contributed by atoms with Gasteiger partial charge in [-0.2, -0.15) is 0 Å². The molecule has 0 saturated carbocycles. The number of rotatable bonds is 2. The number of hydrogen-bond acceptors (Lipinski definition) is 3. The molecule has 0 aliphatic carbocycles. The number of nitrogens with zero attached hydrogens (tertiary/aromatic N) is 1. The minimum atomic E-state index is 0.253. The summed E-state index contributed by atoms with van der Waals surface area (Å²) in [5.41, 5.74) is 0.253. The highest BCUT2D eigenvalue weighted by Crippen LogP contribution is 2.43. The molecule has 0 bridgehead atoms. The SMILES string of the molecule is CN1CCC(C2(c3ccco3)CCCNC2)CC1. The summed E-state index contributed by atoms with van der Waals surface area (Å²) in [6.07, 6.45) is 6.99. The van der Waals surface area contributed by atoms with Crippen LogP contribution in [0.3, 0.4) is 0 Å². The number of hydrogen-bond donors (Lipinski definition) is 1. The van der Waals surface area contributed by atoms with Crippen molar-refractivity contribution in [2.24, 2.45) is 5.92 Å². The Bertz CT molecular complexity index is 360. The lowest BCUT2D eigenvalue weighted by Crippen LogP contribution is -2.51. The molecule has 2 aliphatic rings. The molecule has 100 valence electrons. The van der Waals surface area contributed by atoms with Gasteiger partial charge in [0.05, 0.1) is 6.26 Å². The topological polar surface area (TPSA) is 28.4 Å². The Morgan fingerprint density at radius 3 is 2.83 bits per heavy atom. The Morgan fingerprint density at radius 2 is 2.22 bits per heavy atom. The van der Waals surface area contributed by atoms with Crippen molar-refractivity contribution < 1.29 is 4.42 Å². The van der Waals surface area contributed by atoms with Gasteiger partial charge in [-0.05, 0) is 70.4 Å². The normalized spacial score (nSPS) is 31.6. The molecule has 3 rings (SSSR count). The second kappa shape index (κ2) is 5.06. The second-order valence-corrected chi connectivity index (χ2v) is 5.99. The van der Waals surface area contributed by atoms with Crippen molar-refractivity contribution in [2.75, 3.05) is 33.2 Å². The molecule has 0 amide bonds. The van der Waals surface area contributed by atoms with E-state index in [4.69, 9.17) is 4.42 Å². The van der Waals surface area contributed by atoms with Crippen molar-refractivity contribution in [1.82, 2.24) is 10.2 Å². The first kappa shape index (κ1) is 12.2. The standard InChI is InChI=1S/C15H24N2O/c1-17-9-5-13(6-10-17)15(7-3-8-16-12-15)14-4-2-11-18-14/h2,4,11,13,16H,3,5-10,12H2,1H3. The Labute approximate surface area is 110 Å². The van der Waals surface area contributed by atoms with E-state index in [1.165, 1.54) is 44.5 Å². The third-order valence-electron chi connectivity index (χ3n) is 4.93. The van der Waals surface area contributed by atoms with E-state index in [2.05, 4.69) is 23.3 Å². The van der Waals surface area contributed by atoms with Gasteiger partial charge in [-0.15, -0.1) is 0 Å². The highest BCUT2D eigenvalue weighted by Gasteiger charge is 2.44. The van der Waals surface area contributed by atoms with E-state index in [0.717, 1.165) is 19.0 Å². The number of furan rings is 1. The lowest BCUT2D eigenvalue weighted by atomic mass is 9.65. The van der Waals surface area contributed by atoms with Crippen LogP contribution in [0, 0.1) is 5.92 Å². The van der Waals surface area contributed by atoms with Crippen LogP contribution in [0.2, 0.25) is 0 Å². The third-order valence-corrected chi connectivity index (χ3v) is 4.93. The lowest BCUT2D eigenvalue weighted by molar-refractivity contribution is 0.104. The predicted molar refractivity (Wildman–Crippen MR) is 72.7 cm³/mol. The van der Waals surface area contributed by atoms with Crippen LogP contribution in [-0.2, 0) is 5.41 Å². The molecule has 3 nitrogen and oxygen atoms in total. The van der Waals surface area contributed by atoms with E-state index >= 15 is 0 Å². The van der Waals surface area contributed by atoms with Crippen LogP contribution in [0.4, 0.5) is 0 Å². The van der Waals surface area contributed by atoms with Crippen molar-refractivity contribution in [3.05, 3.63) is 24.2 Å². The summed E-state index contributed by atoms with van der Waals surface area (Å²) >= 11 is 0. The maximum atomic E-state index is 5.80. The van der Waals surface area contributed by atoms with E-state index in [1.54, 1.807) is 0 Å². The van der Waals surface area contributed by atoms with Gasteiger partial charge in [0.25, 0.3) is 0 Å². The van der Waals surface area contributed by atoms with Gasteiger partial charge in [0, 0.05) is 12.0 Å². The van der Waals surface area contributed by atoms with Gasteiger partial charge >= 0.3 is 0 Å². The first-order chi connectivity index (χ1) is 8.81. The summed E-state index contributed by atoms with van der Waals surface area (Å²) in [6.45, 7) is 4.71. The van der Waals surface area contributed by atoms with E-state index in [0.29, 0.717) is 0 Å². The third kappa shape index (κ3) is 2.10. The lowest BCUT2D eigenvalue weighted by Gasteiger charge is -2.45. The summed E-state index contributed by atoms with van der Waals surface area (Å²) in [6, 6.07) is 4.23. The Kier molecular flexibility index (Phi) is 3.44. The molecular weight excluding hydrogens is 224 g/mol. The fraction of sp³-hybridized carbons (Fsp3) is 0.733. The molecule has 1 N–H and O–H groups in total. The summed E-state index contributed by atoms with van der Waals surface area (Å²) < 4.78 is 5.80. The summed E-state index contributed by atoms with van der Waals surface area (Å²) in [5.74, 6) is 1.98. The van der Waals surface area contributed by atoms with Crippen LogP contribution < -0.4 is 5.32 Å². The molecule has 1 unspecified atom stereocenters. The Balaban J connectivity index is 1.85. The Hall–Kier alpha value is -0.800. The van der Waals surface area contributed by atoms with Crippen LogP contribution >= 0.6 is 0 Å². The number of piperidine rings is 2. The van der Waals surface area contributed by atoms with Gasteiger partial charge in [0.1, 0.15) is 5.76 Å². The van der Waals surface area contributed by atoms with E-state index in [-0.39, 0.29) is 5.41 Å². The number of likely N-dealkylation sites (tertiary alicyclic amines) is 1. The molecule has 1 atom stereocenters. The summed E-state index contributed by atoms with van der Waals surface area (Å²) in [5, 5.41) is 3.60. The monoisotopic (exact) mass is 248 g/mol. The quantitative estimate of drug-likeness (QED) is 0.870. The molecule has 2 aliphatic heterocycles. The van der Waals surface area contributed by atoms with Crippen LogP contribution in [-0.4, -0.2) is 38.1 Å². The van der Waals surface area contributed by atoms with Crippen molar-refractivity contribution >= 4 is 0 Å². The minimum Gasteiger partial charge on any atom is -0.469 e. The van der Waals surface area contributed by atoms with E-state index < -0.39 is 0 Å². The smallest absolute Gasteiger partial charge is 0.111 e. The van der Waals surface area contributed by atoms with Crippen molar-refractivity contribution in [1.29, 1.82) is 0 Å². The van der Waals surface area contributed by atoms with Crippen molar-refractivity contribution in [2.45, 2.75) is 31.1 Å². The van der Waals surface area contributed by atoms with Crippen LogP contribution in [0.1, 0.15) is 31.4 Å². The Morgan fingerprint density at radius 1 is 1.39 bits per heavy atom. The molecule has 2 saturated heterocycles. The molecule has 0 spiro atoms. The highest BCUT2D eigenvalue weighted by molar-refractivity contribution is 5.19. The average molecular weight is 248 g/mol.